The minimum absolute atomic E-state index is 0.407. The Kier molecular flexibility index (Phi) is 6.35. The Morgan fingerprint density at radius 2 is 1.97 bits per heavy atom. The third-order valence-electron chi connectivity index (χ3n) is 5.58. The smallest absolute Gasteiger partial charge is 0.234 e. The van der Waals surface area contributed by atoms with Gasteiger partial charge in [-0.2, -0.15) is 4.55 Å². The molecule has 6 heteroatoms. The maximum Gasteiger partial charge on any atom is 0.234 e. The molecule has 1 saturated heterocycles. The Balaban J connectivity index is 1.64. The van der Waals surface area contributed by atoms with Crippen LogP contribution in [-0.4, -0.2) is 46.3 Å². The van der Waals surface area contributed by atoms with Gasteiger partial charge in [-0.1, -0.05) is 22.5 Å². The number of hydrogen-bond acceptors (Lipinski definition) is 5. The maximum absolute atomic E-state index is 9.84. The van der Waals surface area contributed by atoms with E-state index in [1.807, 2.05) is 25.7 Å². The topological polar surface area (TPSA) is 60.4 Å². The largest absolute Gasteiger partial charge is 0.382 e. The second-order valence-corrected chi connectivity index (χ2v) is 9.06. The first-order valence-corrected chi connectivity index (χ1v) is 11.7. The van der Waals surface area contributed by atoms with Gasteiger partial charge in [-0.15, -0.1) is 0 Å². The lowest BCUT2D eigenvalue weighted by Gasteiger charge is -2.29. The van der Waals surface area contributed by atoms with E-state index in [1.165, 1.54) is 22.1 Å². The third-order valence-corrected chi connectivity index (χ3v) is 6.70. The molecule has 1 unspecified atom stereocenters. The highest BCUT2D eigenvalue weighted by Crippen LogP contribution is 2.32. The van der Waals surface area contributed by atoms with Crippen molar-refractivity contribution >= 4 is 27.8 Å². The molecule has 0 radical (unpaired) electrons. The average Bonchev–Trinajstić information content (AvgIpc) is 2.74. The van der Waals surface area contributed by atoms with Crippen molar-refractivity contribution in [3.05, 3.63) is 60.4 Å². The number of rotatable bonds is 6. The summed E-state index contributed by atoms with van der Waals surface area (Å²) in [6, 6.07) is 15.7. The van der Waals surface area contributed by atoms with Crippen LogP contribution in [0.5, 0.6) is 0 Å². The lowest BCUT2D eigenvalue weighted by Crippen LogP contribution is -2.41. The lowest BCUT2D eigenvalue weighted by atomic mass is 9.98. The molecule has 2 heterocycles. The summed E-state index contributed by atoms with van der Waals surface area (Å²) in [5, 5.41) is 9.35. The molecule has 4 rings (SSSR count). The highest BCUT2D eigenvalue weighted by molar-refractivity contribution is 7.88. The van der Waals surface area contributed by atoms with E-state index in [-0.39, 0.29) is 0 Å². The van der Waals surface area contributed by atoms with Crippen LogP contribution in [0.15, 0.2) is 54.9 Å². The van der Waals surface area contributed by atoms with Crippen molar-refractivity contribution < 1.29 is 4.55 Å². The fourth-order valence-electron chi connectivity index (χ4n) is 4.03. The predicted molar refractivity (Wildman–Crippen MR) is 124 cm³/mol. The molecule has 0 aliphatic carbocycles. The van der Waals surface area contributed by atoms with Gasteiger partial charge in [0.05, 0.1) is 0 Å². The van der Waals surface area contributed by atoms with E-state index in [9.17, 15) is 4.55 Å². The van der Waals surface area contributed by atoms with Crippen LogP contribution < -0.4 is 10.6 Å². The Labute approximate surface area is 175 Å². The summed E-state index contributed by atoms with van der Waals surface area (Å²) in [4.78, 5) is 4.35. The molecule has 3 N–H and O–H groups in total. The van der Waals surface area contributed by atoms with Crippen molar-refractivity contribution in [3.63, 3.8) is 0 Å². The number of nitrogens with one attached hydrogen (secondary N) is 2. The molecular formula is C23H29N4OS+. The fourth-order valence-corrected chi connectivity index (χ4v) is 4.77. The maximum atomic E-state index is 9.84. The first-order chi connectivity index (χ1) is 14.1. The number of nitrogens with zero attached hydrogens (tertiary/aromatic N) is 2. The monoisotopic (exact) mass is 409 g/mol. The van der Waals surface area contributed by atoms with Crippen LogP contribution in [-0.2, 0) is 17.9 Å². The van der Waals surface area contributed by atoms with Crippen LogP contribution in [0.25, 0.3) is 21.9 Å². The van der Waals surface area contributed by atoms with Crippen molar-refractivity contribution in [3.8, 4) is 11.1 Å². The van der Waals surface area contributed by atoms with E-state index in [1.54, 1.807) is 0 Å². The molecule has 1 aliphatic heterocycles. The highest BCUT2D eigenvalue weighted by Gasteiger charge is 2.28. The molecule has 1 aromatic heterocycles. The fraction of sp³-hybridized carbons (Fsp3) is 0.348. The van der Waals surface area contributed by atoms with Crippen molar-refractivity contribution in [1.82, 2.24) is 14.6 Å². The second kappa shape index (κ2) is 9.13. The molecule has 1 atom stereocenters. The van der Waals surface area contributed by atoms with Gasteiger partial charge in [0.15, 0.2) is 6.26 Å². The summed E-state index contributed by atoms with van der Waals surface area (Å²) in [6.07, 6.45) is 7.74. The molecule has 1 fully saturated rings. The Bertz CT molecular complexity index is 970. The van der Waals surface area contributed by atoms with Crippen LogP contribution in [0, 0.1) is 0 Å². The Morgan fingerprint density at radius 1 is 1.14 bits per heavy atom. The standard InChI is InChI=1S/C23H29N4OS/c1-24-15-17-4-3-5-18(12-17)20-13-19-6-9-25-16-22(19)23(14-20)26-21-7-10-27(11-8-21)29(2)28/h3-6,9,12-14,16,21,24,26,28H,7-8,10-11,15H2,1-2H3/q+1. The summed E-state index contributed by atoms with van der Waals surface area (Å²) in [5.41, 5.74) is 4.86. The first-order valence-electron chi connectivity index (χ1n) is 10.1. The van der Waals surface area contributed by atoms with Crippen molar-refractivity contribution in [2.45, 2.75) is 25.4 Å². The molecule has 3 aromatic rings. The summed E-state index contributed by atoms with van der Waals surface area (Å²) in [7, 11) is 1.97. The molecule has 5 nitrogen and oxygen atoms in total. The van der Waals surface area contributed by atoms with E-state index in [2.05, 4.69) is 62.4 Å². The minimum Gasteiger partial charge on any atom is -0.382 e. The zero-order valence-corrected chi connectivity index (χ0v) is 17.9. The molecule has 0 saturated carbocycles. The van der Waals surface area contributed by atoms with Gasteiger partial charge in [-0.3, -0.25) is 4.98 Å². The van der Waals surface area contributed by atoms with E-state index in [4.69, 9.17) is 0 Å². The second-order valence-electron chi connectivity index (χ2n) is 7.65. The van der Waals surface area contributed by atoms with E-state index >= 15 is 0 Å². The van der Waals surface area contributed by atoms with Gasteiger partial charge < -0.3 is 10.6 Å². The number of hydrogen-bond donors (Lipinski definition) is 3. The predicted octanol–water partition coefficient (Wildman–Crippen LogP) is 4.13. The van der Waals surface area contributed by atoms with E-state index < -0.39 is 11.4 Å². The molecule has 1 aliphatic rings. The van der Waals surface area contributed by atoms with Crippen LogP contribution in [0.4, 0.5) is 5.69 Å². The first kappa shape index (κ1) is 20.2. The number of fused-ring (bicyclic) bond motifs is 1. The quantitative estimate of drug-likeness (QED) is 0.534. The van der Waals surface area contributed by atoms with Crippen LogP contribution in [0.1, 0.15) is 18.4 Å². The van der Waals surface area contributed by atoms with Crippen LogP contribution in [0.3, 0.4) is 0 Å². The van der Waals surface area contributed by atoms with Gasteiger partial charge in [-0.05, 0) is 66.2 Å². The van der Waals surface area contributed by atoms with Crippen LogP contribution >= 0.6 is 0 Å². The third kappa shape index (κ3) is 4.73. The van der Waals surface area contributed by atoms with Gasteiger partial charge >= 0.3 is 0 Å². The molecule has 29 heavy (non-hydrogen) atoms. The summed E-state index contributed by atoms with van der Waals surface area (Å²) in [6.45, 7) is 2.71. The van der Waals surface area contributed by atoms with Gasteiger partial charge in [0.2, 0.25) is 11.4 Å². The average molecular weight is 410 g/mol. The Morgan fingerprint density at radius 3 is 2.72 bits per heavy atom. The van der Waals surface area contributed by atoms with Crippen molar-refractivity contribution in [2.24, 2.45) is 0 Å². The minimum atomic E-state index is -0.628. The summed E-state index contributed by atoms with van der Waals surface area (Å²) < 4.78 is 12.0. The van der Waals surface area contributed by atoms with Gasteiger partial charge in [0, 0.05) is 49.1 Å². The molecule has 152 valence electrons. The van der Waals surface area contributed by atoms with E-state index in [0.717, 1.165) is 43.5 Å². The molecule has 2 aromatic carbocycles. The molecular weight excluding hydrogens is 380 g/mol. The summed E-state index contributed by atoms with van der Waals surface area (Å²) in [5.74, 6) is 0. The SMILES string of the molecule is CNCc1cccc(-c2cc(NC3CCN([S+](C)O)CC3)c3cnccc3c2)c1. The van der Waals surface area contributed by atoms with Crippen LogP contribution in [0.2, 0.25) is 0 Å². The van der Waals surface area contributed by atoms with Gasteiger partial charge in [-0.25, -0.2) is 0 Å². The molecule has 0 amide bonds. The van der Waals surface area contributed by atoms with Crippen molar-refractivity contribution in [2.75, 3.05) is 31.7 Å². The number of benzene rings is 2. The summed E-state index contributed by atoms with van der Waals surface area (Å²) >= 11 is -0.628. The zero-order valence-electron chi connectivity index (χ0n) is 17.1. The van der Waals surface area contributed by atoms with Crippen molar-refractivity contribution in [1.29, 1.82) is 0 Å². The number of pyridine rings is 1. The zero-order chi connectivity index (χ0) is 20.2. The normalized spacial score (nSPS) is 16.8. The lowest BCUT2D eigenvalue weighted by molar-refractivity contribution is 0.335. The van der Waals surface area contributed by atoms with E-state index in [0.29, 0.717) is 6.04 Å². The Hall–Kier alpha value is -2.12. The molecule has 0 bridgehead atoms. The molecule has 0 spiro atoms. The number of aromatic nitrogens is 1. The number of anilines is 1. The number of piperidine rings is 1. The van der Waals surface area contributed by atoms with Gasteiger partial charge in [0.25, 0.3) is 0 Å². The highest BCUT2D eigenvalue weighted by atomic mass is 32.2. The van der Waals surface area contributed by atoms with Gasteiger partial charge in [0.1, 0.15) is 0 Å².